The van der Waals surface area contributed by atoms with Gasteiger partial charge in [-0.2, -0.15) is 0 Å². The first-order valence-electron chi connectivity index (χ1n) is 24.6. The number of benzene rings is 2. The van der Waals surface area contributed by atoms with Crippen LogP contribution in [0.15, 0.2) is 97.6 Å². The zero-order chi connectivity index (χ0) is 50.6. The van der Waals surface area contributed by atoms with E-state index < -0.39 is 0 Å². The van der Waals surface area contributed by atoms with Crippen molar-refractivity contribution in [2.24, 2.45) is 29.4 Å². The van der Waals surface area contributed by atoms with Crippen LogP contribution in [0.25, 0.3) is 0 Å². The van der Waals surface area contributed by atoms with E-state index in [1.165, 1.54) is 48.8 Å². The number of aliphatic hydroxyl groups is 4. The van der Waals surface area contributed by atoms with Crippen LogP contribution >= 0.6 is 0 Å². The predicted molar refractivity (Wildman–Crippen MR) is 277 cm³/mol. The van der Waals surface area contributed by atoms with E-state index in [1.54, 1.807) is 67.8 Å². The first kappa shape index (κ1) is 66.6. The summed E-state index contributed by atoms with van der Waals surface area (Å²) in [5.74, 6) is 4.05. The van der Waals surface area contributed by atoms with Gasteiger partial charge in [-0.15, -0.1) is 0 Å². The summed E-state index contributed by atoms with van der Waals surface area (Å²) in [4.78, 5) is 18.8. The molecular formula is C56H92N4O7Ti. The molecule has 4 aromatic rings. The number of nitrogens with one attached hydrogen (secondary N) is 1. The van der Waals surface area contributed by atoms with Crippen molar-refractivity contribution in [2.45, 2.75) is 184 Å². The van der Waals surface area contributed by atoms with E-state index in [9.17, 15) is 4.79 Å². The predicted octanol–water partition coefficient (Wildman–Crippen LogP) is 10.6. The Bertz CT molecular complexity index is 1720. The molecule has 2 heterocycles. The van der Waals surface area contributed by atoms with Crippen molar-refractivity contribution >= 4 is 6.29 Å². The Hall–Kier alpha value is -3.52. The monoisotopic (exact) mass is 981 g/mol. The number of nitrogens with two attached hydrogens (primary N) is 1. The maximum atomic E-state index is 10.9. The van der Waals surface area contributed by atoms with Crippen LogP contribution in [-0.2, 0) is 39.6 Å². The van der Waals surface area contributed by atoms with Crippen LogP contribution in [0.1, 0.15) is 143 Å². The molecule has 2 aromatic carbocycles. The van der Waals surface area contributed by atoms with E-state index in [0.717, 1.165) is 61.6 Å². The molecule has 2 aliphatic carbocycles. The first-order chi connectivity index (χ1) is 31.7. The molecule has 2 aliphatic rings. The van der Waals surface area contributed by atoms with Crippen LogP contribution in [0, 0.1) is 37.5 Å². The molecule has 0 bridgehead atoms. The smallest absolute Gasteiger partial charge is 0.123 e. The summed E-state index contributed by atoms with van der Waals surface area (Å²) >= 11 is 0. The van der Waals surface area contributed by atoms with Crippen LogP contribution in [0.2, 0.25) is 0 Å². The number of aldehydes is 1. The van der Waals surface area contributed by atoms with Gasteiger partial charge in [0.25, 0.3) is 0 Å². The van der Waals surface area contributed by atoms with Crippen molar-refractivity contribution in [2.75, 3.05) is 6.54 Å². The molecule has 6 rings (SSSR count). The summed E-state index contributed by atoms with van der Waals surface area (Å²) < 4.78 is 12.3. The number of aryl methyl sites for hydroxylation is 2. The molecule has 2 fully saturated rings. The molecule has 2 unspecified atom stereocenters. The first-order valence-corrected chi connectivity index (χ1v) is 24.6. The van der Waals surface area contributed by atoms with Gasteiger partial charge in [-0.3, -0.25) is 9.97 Å². The van der Waals surface area contributed by atoms with Gasteiger partial charge in [-0.25, -0.2) is 0 Å². The molecule has 12 heteroatoms. The molecule has 6 atom stereocenters. The molecule has 0 aliphatic heterocycles. The maximum Gasteiger partial charge on any atom is 0.123 e. The fourth-order valence-corrected chi connectivity index (χ4v) is 7.07. The largest absolute Gasteiger partial charge is 0.490 e. The molecule has 2 saturated carbocycles. The van der Waals surface area contributed by atoms with Gasteiger partial charge in [0.2, 0.25) is 0 Å². The van der Waals surface area contributed by atoms with E-state index in [2.05, 4.69) is 84.6 Å². The van der Waals surface area contributed by atoms with Crippen LogP contribution in [0.5, 0.6) is 11.5 Å². The number of pyridine rings is 2. The van der Waals surface area contributed by atoms with Gasteiger partial charge in [0, 0.05) is 89.9 Å². The summed E-state index contributed by atoms with van der Waals surface area (Å²) in [6.45, 7) is 24.9. The van der Waals surface area contributed by atoms with Gasteiger partial charge in [0.05, 0.1) is 12.2 Å². The van der Waals surface area contributed by atoms with Gasteiger partial charge in [-0.1, -0.05) is 38.1 Å². The second-order valence-electron chi connectivity index (χ2n) is 18.9. The van der Waals surface area contributed by atoms with Crippen LogP contribution < -0.4 is 20.5 Å². The second-order valence-corrected chi connectivity index (χ2v) is 18.9. The normalized spacial score (nSPS) is 17.9. The van der Waals surface area contributed by atoms with E-state index in [4.69, 9.17) is 35.6 Å². The van der Waals surface area contributed by atoms with Gasteiger partial charge in [0.15, 0.2) is 0 Å². The fourth-order valence-electron chi connectivity index (χ4n) is 7.07. The van der Waals surface area contributed by atoms with Gasteiger partial charge in [-0.05, 0) is 216 Å². The summed E-state index contributed by atoms with van der Waals surface area (Å²) in [6.07, 6.45) is 17.6. The number of hydrogen-bond acceptors (Lipinski definition) is 11. The van der Waals surface area contributed by atoms with Crippen molar-refractivity contribution < 1.29 is 56.4 Å². The van der Waals surface area contributed by atoms with E-state index in [1.807, 2.05) is 43.6 Å². The minimum absolute atomic E-state index is 0. The SMILES string of the molecule is CC(C)O.CC(C)O.CC(C)O.CC(C)O.Cc1cccc(O[C@@H]2CCC[C@H](C(C)C=O)C2)c1.Cc1cccc(O[C@@H]2CCC[C@H](C(C)CNCc3ccncc3)C2)c1.NCc1ccncc1.[Ti]. The Morgan fingerprint density at radius 3 is 1.37 bits per heavy atom. The molecule has 68 heavy (non-hydrogen) atoms. The summed E-state index contributed by atoms with van der Waals surface area (Å²) in [7, 11) is 0. The van der Waals surface area contributed by atoms with Gasteiger partial charge < -0.3 is 45.7 Å². The molecule has 11 nitrogen and oxygen atoms in total. The van der Waals surface area contributed by atoms with Crippen LogP contribution in [0.3, 0.4) is 0 Å². The van der Waals surface area contributed by atoms with E-state index in [-0.39, 0.29) is 58.2 Å². The zero-order valence-electron chi connectivity index (χ0n) is 43.9. The molecule has 0 radical (unpaired) electrons. The quantitative estimate of drug-likeness (QED) is 0.0587. The molecule has 0 spiro atoms. The Labute approximate surface area is 427 Å². The summed E-state index contributed by atoms with van der Waals surface area (Å²) in [5.41, 5.74) is 10.2. The molecule has 0 amide bonds. The fraction of sp³-hybridized carbons (Fsp3) is 0.589. The van der Waals surface area contributed by atoms with Gasteiger partial charge in [0.1, 0.15) is 17.8 Å². The van der Waals surface area contributed by atoms with Crippen molar-refractivity contribution in [1.82, 2.24) is 15.3 Å². The Balaban J connectivity index is 0. The van der Waals surface area contributed by atoms with Crippen LogP contribution in [-0.4, -0.2) is 79.8 Å². The molecule has 2 aromatic heterocycles. The van der Waals surface area contributed by atoms with Gasteiger partial charge >= 0.3 is 0 Å². The number of aromatic nitrogens is 2. The van der Waals surface area contributed by atoms with E-state index in [0.29, 0.717) is 24.5 Å². The number of hydrogen-bond donors (Lipinski definition) is 6. The van der Waals surface area contributed by atoms with Crippen molar-refractivity contribution in [3.8, 4) is 11.5 Å². The molecule has 7 N–H and O–H groups in total. The van der Waals surface area contributed by atoms with Crippen LogP contribution in [0.4, 0.5) is 0 Å². The van der Waals surface area contributed by atoms with Crippen molar-refractivity contribution in [1.29, 1.82) is 0 Å². The Kier molecular flexibility index (Phi) is 40.4. The zero-order valence-corrected chi connectivity index (χ0v) is 45.4. The third-order valence-electron chi connectivity index (χ3n) is 10.2. The third kappa shape index (κ3) is 38.3. The average Bonchev–Trinajstić information content (AvgIpc) is 3.27. The minimum atomic E-state index is -0.167. The average molecular weight is 981 g/mol. The van der Waals surface area contributed by atoms with Crippen molar-refractivity contribution in [3.63, 3.8) is 0 Å². The Morgan fingerprint density at radius 1 is 0.618 bits per heavy atom. The number of carbonyl (C=O) groups excluding carboxylic acids is 1. The summed E-state index contributed by atoms with van der Waals surface area (Å²) in [5, 5.41) is 35.8. The molecule has 0 saturated heterocycles. The van der Waals surface area contributed by atoms with E-state index >= 15 is 0 Å². The molecular weight excluding hydrogens is 889 g/mol. The number of aliphatic hydroxyl groups excluding tert-OH is 4. The topological polar surface area (TPSA) is 180 Å². The maximum absolute atomic E-state index is 10.9. The number of ether oxygens (including phenoxy) is 2. The summed E-state index contributed by atoms with van der Waals surface area (Å²) in [6, 6.07) is 24.6. The number of rotatable bonds is 12. The second kappa shape index (κ2) is 41.3. The minimum Gasteiger partial charge on any atom is -0.490 e. The standard InChI is InChI=1S/C22H30N2O.C16H22O2.C6H8N2.4C3H8O.Ti/c1-17-5-3-7-21(13-17)25-22-8-4-6-20(14-22)18(2)15-24-16-19-9-11-23-12-10-19;1-12-5-3-7-15(9-12)18-16-8-4-6-14(10-16)13(2)11-17;7-5-6-1-3-8-4-2-6;4*1-3(2)4;/h3,5,7,9-13,18,20,22,24H,4,6,8,14-16H2,1-2H3;3,5,7,9,11,13-14,16H,4,6,8,10H2,1-2H3;1-4H,5,7H2;4*3-4H,1-2H3;/t18?,20-,22+;13?,14-,16+;;;;;;/m00....../s1. The number of carbonyl (C=O) groups is 1. The Morgan fingerprint density at radius 2 is 1.00 bits per heavy atom. The molecule has 382 valence electrons. The van der Waals surface area contributed by atoms with Crippen molar-refractivity contribution in [3.05, 3.63) is 120 Å². The number of nitrogens with zero attached hydrogens (tertiary/aromatic N) is 2. The third-order valence-corrected chi connectivity index (χ3v) is 10.2.